The molecule has 1 aromatic carbocycles. The van der Waals surface area contributed by atoms with Crippen molar-refractivity contribution in [2.24, 2.45) is 0 Å². The molecular formula is C17H27NO. The van der Waals surface area contributed by atoms with Crippen molar-refractivity contribution >= 4 is 0 Å². The van der Waals surface area contributed by atoms with Crippen LogP contribution in [0.15, 0.2) is 30.3 Å². The molecule has 2 atom stereocenters. The lowest BCUT2D eigenvalue weighted by Gasteiger charge is -2.17. The molecule has 0 saturated carbocycles. The smallest absolute Gasteiger partial charge is 0.0576 e. The maximum Gasteiger partial charge on any atom is 0.0576 e. The zero-order valence-electron chi connectivity index (χ0n) is 12.1. The molecule has 2 nitrogen and oxygen atoms in total. The first-order valence-electron chi connectivity index (χ1n) is 7.71. The third kappa shape index (κ3) is 5.33. The summed E-state index contributed by atoms with van der Waals surface area (Å²) in [7, 11) is 2.09. The predicted molar refractivity (Wildman–Crippen MR) is 80.4 cm³/mol. The number of ether oxygens (including phenoxy) is 1. The Morgan fingerprint density at radius 1 is 1.26 bits per heavy atom. The molecule has 1 saturated heterocycles. The zero-order chi connectivity index (χ0) is 13.3. The van der Waals surface area contributed by atoms with Gasteiger partial charge in [-0.2, -0.15) is 0 Å². The molecular weight excluding hydrogens is 234 g/mol. The van der Waals surface area contributed by atoms with Crippen LogP contribution in [0.1, 0.15) is 44.1 Å². The van der Waals surface area contributed by atoms with Gasteiger partial charge in [0.1, 0.15) is 0 Å². The van der Waals surface area contributed by atoms with Crippen LogP contribution in [0.5, 0.6) is 0 Å². The van der Waals surface area contributed by atoms with Crippen LogP contribution < -0.4 is 5.32 Å². The Morgan fingerprint density at radius 2 is 2.11 bits per heavy atom. The van der Waals surface area contributed by atoms with Crippen LogP contribution in [-0.2, 0) is 11.2 Å². The largest absolute Gasteiger partial charge is 0.378 e. The Labute approximate surface area is 117 Å². The van der Waals surface area contributed by atoms with Gasteiger partial charge in [-0.3, -0.25) is 0 Å². The van der Waals surface area contributed by atoms with E-state index in [1.165, 1.54) is 50.5 Å². The lowest BCUT2D eigenvalue weighted by Crippen LogP contribution is -2.26. The van der Waals surface area contributed by atoms with Crippen LogP contribution in [0.4, 0.5) is 0 Å². The minimum atomic E-state index is 0.548. The molecule has 19 heavy (non-hydrogen) atoms. The van der Waals surface area contributed by atoms with E-state index >= 15 is 0 Å². The number of rotatable bonds is 8. The van der Waals surface area contributed by atoms with Gasteiger partial charge in [0.25, 0.3) is 0 Å². The Hall–Kier alpha value is -0.860. The Balaban J connectivity index is 1.62. The molecule has 0 aliphatic carbocycles. The van der Waals surface area contributed by atoms with E-state index in [0.717, 1.165) is 6.61 Å². The average molecular weight is 261 g/mol. The Kier molecular flexibility index (Phi) is 6.38. The lowest BCUT2D eigenvalue weighted by atomic mass is 9.99. The van der Waals surface area contributed by atoms with Crippen molar-refractivity contribution in [1.82, 2.24) is 5.32 Å². The first-order chi connectivity index (χ1) is 9.38. The van der Waals surface area contributed by atoms with Gasteiger partial charge in [-0.05, 0) is 57.6 Å². The van der Waals surface area contributed by atoms with E-state index in [1.54, 1.807) is 0 Å². The van der Waals surface area contributed by atoms with E-state index in [9.17, 15) is 0 Å². The molecule has 2 heteroatoms. The van der Waals surface area contributed by atoms with Gasteiger partial charge in [0, 0.05) is 12.6 Å². The van der Waals surface area contributed by atoms with Crippen LogP contribution in [0.2, 0.25) is 0 Å². The highest BCUT2D eigenvalue weighted by Gasteiger charge is 2.15. The van der Waals surface area contributed by atoms with Crippen LogP contribution in [0, 0.1) is 0 Å². The third-order valence-corrected chi connectivity index (χ3v) is 4.14. The lowest BCUT2D eigenvalue weighted by molar-refractivity contribution is 0.101. The third-order valence-electron chi connectivity index (χ3n) is 4.14. The number of hydrogen-bond acceptors (Lipinski definition) is 2. The normalized spacial score (nSPS) is 20.6. The van der Waals surface area contributed by atoms with Crippen molar-refractivity contribution in [3.8, 4) is 0 Å². The highest BCUT2D eigenvalue weighted by Crippen LogP contribution is 2.19. The van der Waals surface area contributed by atoms with Crippen LogP contribution in [-0.4, -0.2) is 25.8 Å². The number of aryl methyl sites for hydroxylation is 1. The van der Waals surface area contributed by atoms with Gasteiger partial charge in [-0.1, -0.05) is 30.3 Å². The van der Waals surface area contributed by atoms with Gasteiger partial charge in [-0.25, -0.2) is 0 Å². The first-order valence-corrected chi connectivity index (χ1v) is 7.71. The zero-order valence-corrected chi connectivity index (χ0v) is 12.1. The standard InChI is InChI=1S/C17H27NO/c1-18-16(9-5-10-17-11-6-14-19-17)13-12-15-7-3-2-4-8-15/h2-4,7-8,16-18H,5-6,9-14H2,1H3. The Bertz CT molecular complexity index is 332. The molecule has 0 spiro atoms. The maximum atomic E-state index is 5.68. The summed E-state index contributed by atoms with van der Waals surface area (Å²) in [5.41, 5.74) is 1.45. The summed E-state index contributed by atoms with van der Waals surface area (Å²) in [6, 6.07) is 11.4. The molecule has 106 valence electrons. The van der Waals surface area contributed by atoms with Gasteiger partial charge in [0.15, 0.2) is 0 Å². The number of hydrogen-bond donors (Lipinski definition) is 1. The van der Waals surface area contributed by atoms with E-state index in [4.69, 9.17) is 4.74 Å². The molecule has 0 radical (unpaired) electrons. The van der Waals surface area contributed by atoms with Crippen LogP contribution in [0.25, 0.3) is 0 Å². The molecule has 1 aliphatic rings. The SMILES string of the molecule is CNC(CCCC1CCCO1)CCc1ccccc1. The molecule has 0 amide bonds. The van der Waals surface area contributed by atoms with E-state index in [2.05, 4.69) is 42.7 Å². The maximum absolute atomic E-state index is 5.68. The monoisotopic (exact) mass is 261 g/mol. The van der Waals surface area contributed by atoms with Gasteiger partial charge in [0.2, 0.25) is 0 Å². The van der Waals surface area contributed by atoms with Gasteiger partial charge < -0.3 is 10.1 Å². The quantitative estimate of drug-likeness (QED) is 0.772. The second kappa shape index (κ2) is 8.34. The second-order valence-electron chi connectivity index (χ2n) is 5.58. The average Bonchev–Trinajstić information content (AvgIpc) is 2.97. The van der Waals surface area contributed by atoms with E-state index in [-0.39, 0.29) is 0 Å². The van der Waals surface area contributed by atoms with Gasteiger partial charge in [-0.15, -0.1) is 0 Å². The summed E-state index contributed by atoms with van der Waals surface area (Å²) in [6.07, 6.45) is 9.27. The summed E-state index contributed by atoms with van der Waals surface area (Å²) in [5.74, 6) is 0. The minimum absolute atomic E-state index is 0.548. The van der Waals surface area contributed by atoms with Crippen LogP contribution >= 0.6 is 0 Å². The molecule has 2 rings (SSSR count). The summed E-state index contributed by atoms with van der Waals surface area (Å²) in [5, 5.41) is 3.46. The molecule has 2 unspecified atom stereocenters. The van der Waals surface area contributed by atoms with Crippen LogP contribution in [0.3, 0.4) is 0 Å². The molecule has 1 aromatic rings. The van der Waals surface area contributed by atoms with Crippen molar-refractivity contribution in [3.63, 3.8) is 0 Å². The van der Waals surface area contributed by atoms with Gasteiger partial charge in [0.05, 0.1) is 6.10 Å². The molecule has 1 heterocycles. The van der Waals surface area contributed by atoms with E-state index in [0.29, 0.717) is 12.1 Å². The predicted octanol–water partition coefficient (Wildman–Crippen LogP) is 3.56. The summed E-state index contributed by atoms with van der Waals surface area (Å²) < 4.78 is 5.68. The second-order valence-corrected chi connectivity index (χ2v) is 5.58. The van der Waals surface area contributed by atoms with Crippen molar-refractivity contribution in [3.05, 3.63) is 35.9 Å². The van der Waals surface area contributed by atoms with E-state index < -0.39 is 0 Å². The fourth-order valence-corrected chi connectivity index (χ4v) is 2.88. The summed E-state index contributed by atoms with van der Waals surface area (Å²) in [6.45, 7) is 0.980. The molecule has 0 bridgehead atoms. The minimum Gasteiger partial charge on any atom is -0.378 e. The van der Waals surface area contributed by atoms with Crippen molar-refractivity contribution in [2.45, 2.75) is 57.1 Å². The Morgan fingerprint density at radius 3 is 2.79 bits per heavy atom. The molecule has 1 fully saturated rings. The highest BCUT2D eigenvalue weighted by atomic mass is 16.5. The topological polar surface area (TPSA) is 21.3 Å². The fourth-order valence-electron chi connectivity index (χ4n) is 2.88. The highest BCUT2D eigenvalue weighted by molar-refractivity contribution is 5.14. The van der Waals surface area contributed by atoms with Gasteiger partial charge >= 0.3 is 0 Å². The molecule has 0 aromatic heterocycles. The molecule has 1 aliphatic heterocycles. The fraction of sp³-hybridized carbons (Fsp3) is 0.647. The number of nitrogens with one attached hydrogen (secondary N) is 1. The summed E-state index contributed by atoms with van der Waals surface area (Å²) >= 11 is 0. The van der Waals surface area contributed by atoms with E-state index in [1.807, 2.05) is 0 Å². The van der Waals surface area contributed by atoms with Crippen molar-refractivity contribution < 1.29 is 4.74 Å². The number of benzene rings is 1. The first kappa shape index (κ1) is 14.5. The van der Waals surface area contributed by atoms with Crippen molar-refractivity contribution in [1.29, 1.82) is 0 Å². The van der Waals surface area contributed by atoms with Crippen molar-refractivity contribution in [2.75, 3.05) is 13.7 Å². The molecule has 1 N–H and O–H groups in total. The summed E-state index contributed by atoms with van der Waals surface area (Å²) in [4.78, 5) is 0.